The lowest BCUT2D eigenvalue weighted by Gasteiger charge is -2.44. The second-order valence-corrected chi connectivity index (χ2v) is 6.63. The summed E-state index contributed by atoms with van der Waals surface area (Å²) in [5.74, 6) is 0.597. The zero-order valence-electron chi connectivity index (χ0n) is 10.7. The molecule has 0 atom stereocenters. The molecule has 0 saturated carbocycles. The summed E-state index contributed by atoms with van der Waals surface area (Å²) in [7, 11) is -3.65. The van der Waals surface area contributed by atoms with Gasteiger partial charge in [0, 0.05) is 19.6 Å². The van der Waals surface area contributed by atoms with Crippen LogP contribution >= 0.6 is 0 Å². The van der Waals surface area contributed by atoms with Crippen molar-refractivity contribution in [1.82, 2.24) is 4.90 Å². The fourth-order valence-corrected chi connectivity index (χ4v) is 2.61. The Balaban J connectivity index is 1.78. The average molecular weight is 286 g/mol. The SMILES string of the molecule is CC1(O)CN(CCOc2ccc(S(N)(=O)=O)cc2)C1. The molecule has 7 heteroatoms. The number of hydrogen-bond acceptors (Lipinski definition) is 5. The third-order valence-electron chi connectivity index (χ3n) is 2.96. The van der Waals surface area contributed by atoms with Crippen molar-refractivity contribution in [3.05, 3.63) is 24.3 Å². The smallest absolute Gasteiger partial charge is 0.238 e. The summed E-state index contributed by atoms with van der Waals surface area (Å²) in [6, 6.07) is 5.98. The number of benzene rings is 1. The maximum atomic E-state index is 11.1. The molecule has 1 heterocycles. The first-order chi connectivity index (χ1) is 8.76. The third-order valence-corrected chi connectivity index (χ3v) is 3.89. The number of primary sulfonamides is 1. The van der Waals surface area contributed by atoms with E-state index in [2.05, 4.69) is 4.90 Å². The summed E-state index contributed by atoms with van der Waals surface area (Å²) in [5, 5.41) is 14.6. The molecular weight excluding hydrogens is 268 g/mol. The van der Waals surface area contributed by atoms with Crippen LogP contribution in [0.4, 0.5) is 0 Å². The van der Waals surface area contributed by atoms with Gasteiger partial charge in [-0.15, -0.1) is 0 Å². The Morgan fingerprint density at radius 2 is 1.95 bits per heavy atom. The van der Waals surface area contributed by atoms with Gasteiger partial charge >= 0.3 is 0 Å². The molecule has 0 amide bonds. The number of β-amino-alcohol motifs (C(OH)–C–C–N with tert-alkyl or cyclic N) is 1. The van der Waals surface area contributed by atoms with Crippen LogP contribution in [0, 0.1) is 0 Å². The highest BCUT2D eigenvalue weighted by Crippen LogP contribution is 2.19. The van der Waals surface area contributed by atoms with Crippen molar-refractivity contribution in [2.45, 2.75) is 17.4 Å². The van der Waals surface area contributed by atoms with Gasteiger partial charge in [-0.25, -0.2) is 13.6 Å². The summed E-state index contributed by atoms with van der Waals surface area (Å²) in [5.41, 5.74) is -0.572. The van der Waals surface area contributed by atoms with Crippen molar-refractivity contribution >= 4 is 10.0 Å². The van der Waals surface area contributed by atoms with E-state index in [4.69, 9.17) is 9.88 Å². The number of nitrogens with zero attached hydrogens (tertiary/aromatic N) is 1. The highest BCUT2D eigenvalue weighted by Gasteiger charge is 2.35. The summed E-state index contributed by atoms with van der Waals surface area (Å²) < 4.78 is 27.6. The van der Waals surface area contributed by atoms with Gasteiger partial charge in [-0.2, -0.15) is 0 Å². The topological polar surface area (TPSA) is 92.9 Å². The Bertz CT molecular complexity index is 531. The van der Waals surface area contributed by atoms with Crippen molar-refractivity contribution < 1.29 is 18.3 Å². The van der Waals surface area contributed by atoms with Gasteiger partial charge in [0.2, 0.25) is 10.0 Å². The lowest BCUT2D eigenvalue weighted by molar-refractivity contribution is -0.0859. The molecule has 1 aromatic rings. The van der Waals surface area contributed by atoms with Crippen molar-refractivity contribution in [2.24, 2.45) is 5.14 Å². The van der Waals surface area contributed by atoms with Gasteiger partial charge in [0.25, 0.3) is 0 Å². The van der Waals surface area contributed by atoms with Crippen molar-refractivity contribution in [1.29, 1.82) is 0 Å². The predicted molar refractivity (Wildman–Crippen MR) is 70.4 cm³/mol. The Morgan fingerprint density at radius 1 is 1.37 bits per heavy atom. The number of aliphatic hydroxyl groups is 1. The molecule has 0 spiro atoms. The van der Waals surface area contributed by atoms with Crippen LogP contribution in [0.1, 0.15) is 6.92 Å². The number of rotatable bonds is 5. The molecule has 1 aromatic carbocycles. The van der Waals surface area contributed by atoms with Gasteiger partial charge in [0.05, 0.1) is 10.5 Å². The van der Waals surface area contributed by atoms with E-state index >= 15 is 0 Å². The van der Waals surface area contributed by atoms with E-state index in [0.717, 1.165) is 6.54 Å². The Morgan fingerprint density at radius 3 is 2.42 bits per heavy atom. The fraction of sp³-hybridized carbons (Fsp3) is 0.500. The zero-order chi connectivity index (χ0) is 14.1. The van der Waals surface area contributed by atoms with E-state index in [0.29, 0.717) is 25.4 Å². The second-order valence-electron chi connectivity index (χ2n) is 5.07. The molecule has 1 fully saturated rings. The third kappa shape index (κ3) is 3.90. The highest BCUT2D eigenvalue weighted by molar-refractivity contribution is 7.89. The molecule has 0 bridgehead atoms. The zero-order valence-corrected chi connectivity index (χ0v) is 11.6. The number of ether oxygens (including phenoxy) is 1. The van der Waals surface area contributed by atoms with E-state index < -0.39 is 15.6 Å². The van der Waals surface area contributed by atoms with Gasteiger partial charge < -0.3 is 9.84 Å². The van der Waals surface area contributed by atoms with Crippen LogP contribution < -0.4 is 9.88 Å². The maximum absolute atomic E-state index is 11.1. The molecule has 1 aliphatic heterocycles. The normalized spacial score (nSPS) is 18.9. The van der Waals surface area contributed by atoms with E-state index in [9.17, 15) is 13.5 Å². The van der Waals surface area contributed by atoms with Crippen LogP contribution in [0.25, 0.3) is 0 Å². The van der Waals surface area contributed by atoms with Crippen molar-refractivity contribution in [2.75, 3.05) is 26.2 Å². The van der Waals surface area contributed by atoms with Gasteiger partial charge in [0.15, 0.2) is 0 Å². The van der Waals surface area contributed by atoms with Crippen LogP contribution in [0.5, 0.6) is 5.75 Å². The van der Waals surface area contributed by atoms with Gasteiger partial charge in [-0.1, -0.05) is 0 Å². The first kappa shape index (κ1) is 14.3. The summed E-state index contributed by atoms with van der Waals surface area (Å²) in [6.07, 6.45) is 0. The highest BCUT2D eigenvalue weighted by atomic mass is 32.2. The standard InChI is InChI=1S/C12H18N2O4S/c1-12(15)8-14(9-12)6-7-18-10-2-4-11(5-3-10)19(13,16)17/h2-5,15H,6-9H2,1H3,(H2,13,16,17). The summed E-state index contributed by atoms with van der Waals surface area (Å²) in [4.78, 5) is 2.15. The number of hydrogen-bond donors (Lipinski definition) is 2. The minimum Gasteiger partial charge on any atom is -0.492 e. The Kier molecular flexibility index (Phi) is 3.82. The number of likely N-dealkylation sites (tertiary alicyclic amines) is 1. The maximum Gasteiger partial charge on any atom is 0.238 e. The van der Waals surface area contributed by atoms with Gasteiger partial charge in [0.1, 0.15) is 12.4 Å². The molecule has 0 aliphatic carbocycles. The first-order valence-electron chi connectivity index (χ1n) is 5.97. The van der Waals surface area contributed by atoms with Crippen LogP contribution in [0.3, 0.4) is 0 Å². The van der Waals surface area contributed by atoms with Crippen LogP contribution in [-0.4, -0.2) is 50.3 Å². The summed E-state index contributed by atoms with van der Waals surface area (Å²) in [6.45, 7) is 4.33. The molecule has 1 saturated heterocycles. The minimum absolute atomic E-state index is 0.0682. The van der Waals surface area contributed by atoms with E-state index in [-0.39, 0.29) is 4.90 Å². The quantitative estimate of drug-likeness (QED) is 0.780. The molecule has 0 unspecified atom stereocenters. The van der Waals surface area contributed by atoms with E-state index in [1.807, 2.05) is 0 Å². The van der Waals surface area contributed by atoms with E-state index in [1.165, 1.54) is 12.1 Å². The molecule has 106 valence electrons. The molecule has 19 heavy (non-hydrogen) atoms. The first-order valence-corrected chi connectivity index (χ1v) is 7.51. The van der Waals surface area contributed by atoms with Crippen LogP contribution in [0.15, 0.2) is 29.2 Å². The summed E-state index contributed by atoms with van der Waals surface area (Å²) >= 11 is 0. The molecular formula is C12H18N2O4S. The van der Waals surface area contributed by atoms with Gasteiger partial charge in [-0.3, -0.25) is 4.90 Å². The fourth-order valence-electron chi connectivity index (χ4n) is 2.09. The van der Waals surface area contributed by atoms with Crippen LogP contribution in [-0.2, 0) is 10.0 Å². The Hall–Kier alpha value is -1.15. The van der Waals surface area contributed by atoms with Crippen molar-refractivity contribution in [3.8, 4) is 5.75 Å². The lowest BCUT2D eigenvalue weighted by Crippen LogP contribution is -2.60. The lowest BCUT2D eigenvalue weighted by atomic mass is 9.97. The molecule has 6 nitrogen and oxygen atoms in total. The van der Waals surface area contributed by atoms with E-state index in [1.54, 1.807) is 19.1 Å². The average Bonchev–Trinajstić information content (AvgIpc) is 2.26. The second kappa shape index (κ2) is 5.09. The molecule has 3 N–H and O–H groups in total. The molecule has 2 rings (SSSR count). The van der Waals surface area contributed by atoms with Crippen molar-refractivity contribution in [3.63, 3.8) is 0 Å². The molecule has 0 radical (unpaired) electrons. The molecule has 0 aromatic heterocycles. The molecule has 1 aliphatic rings. The van der Waals surface area contributed by atoms with Gasteiger partial charge in [-0.05, 0) is 31.2 Å². The monoisotopic (exact) mass is 286 g/mol. The number of sulfonamides is 1. The Labute approximate surface area is 112 Å². The minimum atomic E-state index is -3.65. The van der Waals surface area contributed by atoms with Crippen LogP contribution in [0.2, 0.25) is 0 Å². The predicted octanol–water partition coefficient (Wildman–Crippen LogP) is -0.221. The largest absolute Gasteiger partial charge is 0.492 e. The number of nitrogens with two attached hydrogens (primary N) is 1.